The zero-order valence-corrected chi connectivity index (χ0v) is 20.6. The van der Waals surface area contributed by atoms with E-state index in [0.29, 0.717) is 29.4 Å². The number of ether oxygens (including phenoxy) is 2. The second-order valence-electron chi connectivity index (χ2n) is 8.60. The van der Waals surface area contributed by atoms with E-state index in [1.54, 1.807) is 6.08 Å². The van der Waals surface area contributed by atoms with Gasteiger partial charge in [0.15, 0.2) is 0 Å². The van der Waals surface area contributed by atoms with Gasteiger partial charge in [0.2, 0.25) is 5.90 Å². The largest absolute Gasteiger partial charge is 0.573 e. The van der Waals surface area contributed by atoms with Crippen LogP contribution >= 0.6 is 0 Å². The fourth-order valence-corrected chi connectivity index (χ4v) is 3.79. The van der Waals surface area contributed by atoms with Gasteiger partial charge >= 0.3 is 6.36 Å². The molecule has 0 bridgehead atoms. The molecule has 0 saturated carbocycles. The molecule has 2 aromatic heterocycles. The van der Waals surface area contributed by atoms with Crippen molar-refractivity contribution in [3.63, 3.8) is 0 Å². The van der Waals surface area contributed by atoms with Gasteiger partial charge in [0.05, 0.1) is 12.2 Å². The molecular formula is C26H28F3N5O3. The summed E-state index contributed by atoms with van der Waals surface area (Å²) in [5.41, 5.74) is 3.68. The fraction of sp³-hybridized carbons (Fsp3) is 0.346. The summed E-state index contributed by atoms with van der Waals surface area (Å²) < 4.78 is 48.7. The minimum atomic E-state index is -4.74. The van der Waals surface area contributed by atoms with Crippen molar-refractivity contribution < 1.29 is 27.8 Å². The van der Waals surface area contributed by atoms with Gasteiger partial charge in [0.1, 0.15) is 23.9 Å². The van der Waals surface area contributed by atoms with Crippen LogP contribution in [0.4, 0.5) is 19.0 Å². The molecule has 37 heavy (non-hydrogen) atoms. The first-order chi connectivity index (χ1) is 17.7. The first-order valence-corrected chi connectivity index (χ1v) is 11.8. The normalized spacial score (nSPS) is 13.6. The molecule has 0 fully saturated rings. The molecule has 0 saturated heterocycles. The Hall–Kier alpha value is -3.86. The smallest absolute Gasteiger partial charge is 0.472 e. The maximum Gasteiger partial charge on any atom is 0.573 e. The van der Waals surface area contributed by atoms with E-state index in [0.717, 1.165) is 36.5 Å². The molecule has 3 heterocycles. The highest BCUT2D eigenvalue weighted by Crippen LogP contribution is 2.27. The van der Waals surface area contributed by atoms with Gasteiger partial charge < -0.3 is 19.5 Å². The number of halogens is 3. The molecule has 0 radical (unpaired) electrons. The lowest BCUT2D eigenvalue weighted by molar-refractivity contribution is -0.274. The number of aryl methyl sites for hydroxylation is 1. The van der Waals surface area contributed by atoms with Gasteiger partial charge in [-0.05, 0) is 67.8 Å². The van der Waals surface area contributed by atoms with Gasteiger partial charge in [-0.25, -0.2) is 9.98 Å². The highest BCUT2D eigenvalue weighted by Gasteiger charge is 2.31. The molecule has 11 heteroatoms. The summed E-state index contributed by atoms with van der Waals surface area (Å²) in [6, 6.07) is 11.4. The van der Waals surface area contributed by atoms with Crippen LogP contribution in [0.5, 0.6) is 5.75 Å². The number of hydrogen-bond donors (Lipinski definition) is 1. The number of pyridine rings is 1. The number of alkyl halides is 3. The van der Waals surface area contributed by atoms with E-state index < -0.39 is 6.36 Å². The Morgan fingerprint density at radius 2 is 1.92 bits per heavy atom. The number of aliphatic hydroxyl groups is 1. The summed E-state index contributed by atoms with van der Waals surface area (Å²) in [5.74, 6) is 0.910. The molecule has 0 atom stereocenters. The molecule has 1 aliphatic heterocycles. The average molecular weight is 516 g/mol. The number of anilines is 1. The first-order valence-electron chi connectivity index (χ1n) is 11.8. The molecule has 4 rings (SSSR count). The Labute approximate surface area is 212 Å². The Morgan fingerprint density at radius 3 is 2.59 bits per heavy atom. The molecule has 0 aliphatic carbocycles. The van der Waals surface area contributed by atoms with Crippen LogP contribution in [0.3, 0.4) is 0 Å². The number of rotatable bonds is 10. The highest BCUT2D eigenvalue weighted by molar-refractivity contribution is 5.97. The molecule has 0 spiro atoms. The van der Waals surface area contributed by atoms with E-state index in [1.807, 2.05) is 43.0 Å². The van der Waals surface area contributed by atoms with E-state index >= 15 is 0 Å². The van der Waals surface area contributed by atoms with Crippen molar-refractivity contribution in [2.75, 3.05) is 31.7 Å². The number of unbranched alkanes of at least 4 members (excludes halogenated alkanes) is 1. The zero-order valence-electron chi connectivity index (χ0n) is 20.6. The van der Waals surface area contributed by atoms with Crippen LogP contribution in [0.1, 0.15) is 35.4 Å². The summed E-state index contributed by atoms with van der Waals surface area (Å²) in [7, 11) is 1.97. The molecule has 196 valence electrons. The van der Waals surface area contributed by atoms with Crippen molar-refractivity contribution in [3.8, 4) is 5.75 Å². The van der Waals surface area contributed by atoms with Crippen molar-refractivity contribution >= 4 is 17.4 Å². The predicted molar refractivity (Wildman–Crippen MR) is 133 cm³/mol. The molecule has 1 aromatic carbocycles. The molecule has 0 amide bonds. The second kappa shape index (κ2) is 11.5. The summed E-state index contributed by atoms with van der Waals surface area (Å²) in [5, 5.41) is 13.6. The van der Waals surface area contributed by atoms with Gasteiger partial charge in [0, 0.05) is 37.7 Å². The van der Waals surface area contributed by atoms with Crippen molar-refractivity contribution in [2.24, 2.45) is 4.99 Å². The van der Waals surface area contributed by atoms with E-state index in [2.05, 4.69) is 24.7 Å². The lowest BCUT2D eigenvalue weighted by Gasteiger charge is -2.18. The van der Waals surface area contributed by atoms with Crippen LogP contribution in [-0.4, -0.2) is 58.9 Å². The van der Waals surface area contributed by atoms with Crippen LogP contribution in [-0.2, 0) is 11.3 Å². The number of aliphatic hydroxyl groups excluding tert-OH is 1. The van der Waals surface area contributed by atoms with E-state index in [9.17, 15) is 13.2 Å². The summed E-state index contributed by atoms with van der Waals surface area (Å²) in [6.45, 7) is 3.72. The van der Waals surface area contributed by atoms with E-state index in [4.69, 9.17) is 9.84 Å². The third-order valence-corrected chi connectivity index (χ3v) is 5.74. The topological polar surface area (TPSA) is 85.0 Å². The second-order valence-corrected chi connectivity index (χ2v) is 8.60. The lowest BCUT2D eigenvalue weighted by Crippen LogP contribution is -2.20. The predicted octanol–water partition coefficient (Wildman–Crippen LogP) is 4.56. The van der Waals surface area contributed by atoms with Crippen LogP contribution in [0.15, 0.2) is 59.7 Å². The van der Waals surface area contributed by atoms with E-state index in [-0.39, 0.29) is 19.0 Å². The van der Waals surface area contributed by atoms with Gasteiger partial charge in [-0.2, -0.15) is 5.10 Å². The number of aliphatic imine (C=N–C) groups is 1. The summed E-state index contributed by atoms with van der Waals surface area (Å²) in [6.07, 6.45) is 0.489. The van der Waals surface area contributed by atoms with Crippen molar-refractivity contribution in [2.45, 2.75) is 32.7 Å². The van der Waals surface area contributed by atoms with E-state index in [1.165, 1.54) is 24.3 Å². The Balaban J connectivity index is 1.43. The first kappa shape index (κ1) is 26.2. The van der Waals surface area contributed by atoms with Gasteiger partial charge in [-0.15, -0.1) is 13.2 Å². The third-order valence-electron chi connectivity index (χ3n) is 5.74. The third kappa shape index (κ3) is 7.10. The van der Waals surface area contributed by atoms with Crippen molar-refractivity contribution in [1.82, 2.24) is 14.8 Å². The molecule has 1 N–H and O–H groups in total. The van der Waals surface area contributed by atoms with Crippen molar-refractivity contribution in [3.05, 3.63) is 77.3 Å². The Morgan fingerprint density at radius 1 is 1.14 bits per heavy atom. The number of nitrogens with zero attached hydrogens (tertiary/aromatic N) is 5. The van der Waals surface area contributed by atoms with Gasteiger partial charge in [0.25, 0.3) is 0 Å². The molecule has 3 aromatic rings. The maximum atomic E-state index is 12.4. The molecule has 1 aliphatic rings. The lowest BCUT2D eigenvalue weighted by atomic mass is 10.1. The number of benzene rings is 1. The molecule has 8 nitrogen and oxygen atoms in total. The zero-order chi connectivity index (χ0) is 26.4. The van der Waals surface area contributed by atoms with Gasteiger partial charge in [-0.1, -0.05) is 6.07 Å². The standard InChI is InChI=1S/C26H28F3N5O3/c1-18-15-23(32-34(18)17-19-5-10-24(30-16-19)33(2)12-3-4-13-35)25-31-22(11-14-36-25)20-6-8-21(9-7-20)37-26(27,28)29/h5-11,15-16,35H,3-4,12-14,17H2,1-2H3. The summed E-state index contributed by atoms with van der Waals surface area (Å²) in [4.78, 5) is 11.1. The van der Waals surface area contributed by atoms with Crippen LogP contribution in [0, 0.1) is 6.92 Å². The molecular weight excluding hydrogens is 487 g/mol. The number of hydrogen-bond acceptors (Lipinski definition) is 7. The van der Waals surface area contributed by atoms with Crippen LogP contribution in [0.25, 0.3) is 5.70 Å². The average Bonchev–Trinajstić information content (AvgIpc) is 3.24. The SMILES string of the molecule is Cc1cc(C2=NC(c3ccc(OC(F)(F)F)cc3)=CCO2)nn1Cc1ccc(N(C)CCCCO)nc1. The maximum absolute atomic E-state index is 12.4. The quantitative estimate of drug-likeness (QED) is 0.399. The Bertz CT molecular complexity index is 1250. The van der Waals surface area contributed by atoms with Gasteiger partial charge in [-0.3, -0.25) is 4.68 Å². The Kier molecular flexibility index (Phi) is 8.12. The highest BCUT2D eigenvalue weighted by atomic mass is 19.4. The fourth-order valence-electron chi connectivity index (χ4n) is 3.79. The minimum Gasteiger partial charge on any atom is -0.472 e. The summed E-state index contributed by atoms with van der Waals surface area (Å²) >= 11 is 0. The van der Waals surface area contributed by atoms with Crippen molar-refractivity contribution in [1.29, 1.82) is 0 Å². The van der Waals surface area contributed by atoms with Crippen LogP contribution < -0.4 is 9.64 Å². The molecule has 0 unspecified atom stereocenters. The monoisotopic (exact) mass is 515 g/mol. The minimum absolute atomic E-state index is 0.189. The van der Waals surface area contributed by atoms with Crippen LogP contribution in [0.2, 0.25) is 0 Å². The number of aromatic nitrogens is 3.